The Morgan fingerprint density at radius 2 is 2.03 bits per heavy atom. The average Bonchev–Trinajstić information content (AvgIpc) is 3.48. The Morgan fingerprint density at radius 1 is 1.28 bits per heavy atom. The maximum absolute atomic E-state index is 14.2. The van der Waals surface area contributed by atoms with Crippen LogP contribution in [0.2, 0.25) is 5.02 Å². The second kappa shape index (κ2) is 8.77. The first-order valence-corrected chi connectivity index (χ1v) is 11.7. The Morgan fingerprint density at radius 3 is 2.69 bits per heavy atom. The lowest BCUT2D eigenvalue weighted by molar-refractivity contribution is -0.190. The summed E-state index contributed by atoms with van der Waals surface area (Å²) in [6.45, 7) is 1.36. The number of carbonyl (C=O) groups excluding carboxylic acids is 1. The number of halogens is 5. The summed E-state index contributed by atoms with van der Waals surface area (Å²) in [4.78, 5) is 18.7. The number of aliphatic hydroxyl groups excluding tert-OH is 1. The largest absolute Gasteiger partial charge is 0.464 e. The van der Waals surface area contributed by atoms with Crippen LogP contribution in [0.15, 0.2) is 35.4 Å². The molecule has 5 rings (SSSR count). The van der Waals surface area contributed by atoms with Crippen LogP contribution in [-0.2, 0) is 0 Å². The maximum atomic E-state index is 14.2. The fourth-order valence-corrected chi connectivity index (χ4v) is 4.50. The molecule has 1 unspecified atom stereocenters. The minimum absolute atomic E-state index is 0.0147. The highest BCUT2D eigenvalue weighted by Crippen LogP contribution is 2.55. The first-order chi connectivity index (χ1) is 17.0. The molecule has 1 amide bonds. The van der Waals surface area contributed by atoms with Gasteiger partial charge < -0.3 is 20.1 Å². The van der Waals surface area contributed by atoms with Gasteiger partial charge in [0, 0.05) is 13.0 Å². The molecule has 2 fully saturated rings. The number of para-hydroxylation sites is 1. The number of piperidine rings is 1. The van der Waals surface area contributed by atoms with E-state index in [1.54, 1.807) is 4.90 Å². The van der Waals surface area contributed by atoms with Gasteiger partial charge in [-0.05, 0) is 55.9 Å². The van der Waals surface area contributed by atoms with Crippen molar-refractivity contribution in [1.82, 2.24) is 9.88 Å². The summed E-state index contributed by atoms with van der Waals surface area (Å²) < 4.78 is 59.0. The number of fused-ring (bicyclic) bond motifs is 1. The smallest absolute Gasteiger partial charge is 0.425 e. The van der Waals surface area contributed by atoms with E-state index in [2.05, 4.69) is 15.4 Å². The van der Waals surface area contributed by atoms with Gasteiger partial charge in [0.25, 0.3) is 5.91 Å². The Hall–Kier alpha value is -3.12. The number of rotatable bonds is 5. The average molecular weight is 528 g/mol. The van der Waals surface area contributed by atoms with Crippen molar-refractivity contribution in [3.8, 4) is 5.88 Å². The molecule has 1 aromatic carbocycles. The molecule has 3 heterocycles. The van der Waals surface area contributed by atoms with Crippen LogP contribution in [-0.4, -0.2) is 51.9 Å². The fourth-order valence-electron chi connectivity index (χ4n) is 4.29. The lowest BCUT2D eigenvalue weighted by Gasteiger charge is -2.33. The molecule has 1 saturated heterocycles. The van der Waals surface area contributed by atoms with E-state index in [1.165, 1.54) is 29.3 Å². The van der Waals surface area contributed by atoms with E-state index in [0.29, 0.717) is 18.8 Å². The molecule has 13 heteroatoms. The number of ether oxygens (including phenoxy) is 1. The van der Waals surface area contributed by atoms with Gasteiger partial charge in [0.1, 0.15) is 17.2 Å². The monoisotopic (exact) mass is 527 g/mol. The predicted molar refractivity (Wildman–Crippen MR) is 123 cm³/mol. The van der Waals surface area contributed by atoms with Crippen LogP contribution in [0.4, 0.5) is 29.1 Å². The maximum Gasteiger partial charge on any atom is 0.425 e. The van der Waals surface area contributed by atoms with E-state index in [-0.39, 0.29) is 27.5 Å². The fraction of sp³-hybridized carbons (Fsp3) is 0.435. The molecule has 3 aliphatic rings. The summed E-state index contributed by atoms with van der Waals surface area (Å²) in [6, 6.07) is 6.25. The summed E-state index contributed by atoms with van der Waals surface area (Å²) >= 11 is 5.95. The van der Waals surface area contributed by atoms with Crippen molar-refractivity contribution >= 4 is 34.8 Å². The number of amidine groups is 1. The van der Waals surface area contributed by atoms with Crippen molar-refractivity contribution < 1.29 is 32.2 Å². The number of hydrazone groups is 1. The second-order valence-electron chi connectivity index (χ2n) is 9.20. The van der Waals surface area contributed by atoms with Crippen LogP contribution in [0.25, 0.3) is 0 Å². The normalized spacial score (nSPS) is 21.2. The van der Waals surface area contributed by atoms with Gasteiger partial charge in [-0.3, -0.25) is 4.79 Å². The highest BCUT2D eigenvalue weighted by atomic mass is 35.5. The van der Waals surface area contributed by atoms with E-state index in [1.807, 2.05) is 0 Å². The van der Waals surface area contributed by atoms with Gasteiger partial charge in [-0.15, -0.1) is 0 Å². The molecule has 0 radical (unpaired) electrons. The SMILES string of the molecule is C[C@H](Oc1nc(N2N=C3CC4(CCN3C2O)CC4)ccc1C(=O)Nc1c(F)cccc1Cl)C(F)(F)F. The van der Waals surface area contributed by atoms with Crippen LogP contribution in [0.3, 0.4) is 0 Å². The van der Waals surface area contributed by atoms with Crippen LogP contribution in [0, 0.1) is 11.2 Å². The molecule has 2 N–H and O–H groups in total. The molecule has 1 aromatic heterocycles. The minimum Gasteiger partial charge on any atom is -0.464 e. The topological polar surface area (TPSA) is 90.3 Å². The third kappa shape index (κ3) is 4.55. The zero-order valence-electron chi connectivity index (χ0n) is 19.0. The van der Waals surface area contributed by atoms with Crippen molar-refractivity contribution in [2.75, 3.05) is 16.9 Å². The number of nitrogens with zero attached hydrogens (tertiary/aromatic N) is 4. The van der Waals surface area contributed by atoms with Crippen LogP contribution < -0.4 is 15.1 Å². The Bertz CT molecular complexity index is 1220. The van der Waals surface area contributed by atoms with Crippen molar-refractivity contribution in [2.24, 2.45) is 10.5 Å². The summed E-state index contributed by atoms with van der Waals surface area (Å²) in [6.07, 6.45) is -4.45. The van der Waals surface area contributed by atoms with E-state index in [4.69, 9.17) is 16.3 Å². The van der Waals surface area contributed by atoms with Crippen LogP contribution >= 0.6 is 11.6 Å². The minimum atomic E-state index is -4.74. The van der Waals surface area contributed by atoms with E-state index < -0.39 is 36.2 Å². The van der Waals surface area contributed by atoms with E-state index in [9.17, 15) is 27.5 Å². The third-order valence-electron chi connectivity index (χ3n) is 6.70. The molecule has 192 valence electrons. The van der Waals surface area contributed by atoms with Gasteiger partial charge in [-0.2, -0.15) is 28.3 Å². The number of nitrogens with one attached hydrogen (secondary N) is 1. The van der Waals surface area contributed by atoms with E-state index in [0.717, 1.165) is 32.3 Å². The number of anilines is 2. The number of hydrogen-bond donors (Lipinski definition) is 2. The number of hydrogen-bond acceptors (Lipinski definition) is 7. The summed E-state index contributed by atoms with van der Waals surface area (Å²) in [5.41, 5.74) is -0.509. The Labute approximate surface area is 208 Å². The third-order valence-corrected chi connectivity index (χ3v) is 7.02. The van der Waals surface area contributed by atoms with Crippen LogP contribution in [0.1, 0.15) is 43.0 Å². The summed E-state index contributed by atoms with van der Waals surface area (Å²) in [7, 11) is 0. The molecule has 8 nitrogen and oxygen atoms in total. The predicted octanol–water partition coefficient (Wildman–Crippen LogP) is 4.74. The molecule has 2 atom stereocenters. The Balaban J connectivity index is 1.47. The summed E-state index contributed by atoms with van der Waals surface area (Å²) in [5.74, 6) is -1.80. The molecule has 0 bridgehead atoms. The highest BCUT2D eigenvalue weighted by molar-refractivity contribution is 6.34. The van der Waals surface area contributed by atoms with Gasteiger partial charge in [-0.1, -0.05) is 17.7 Å². The summed E-state index contributed by atoms with van der Waals surface area (Å²) in [5, 5.41) is 18.6. The number of aromatic nitrogens is 1. The van der Waals surface area contributed by atoms with Gasteiger partial charge in [0.2, 0.25) is 12.2 Å². The molecule has 1 aliphatic carbocycles. The van der Waals surface area contributed by atoms with E-state index >= 15 is 0 Å². The number of carbonyl (C=O) groups is 1. The Kier molecular flexibility index (Phi) is 5.98. The number of amides is 1. The van der Waals surface area contributed by atoms with Crippen molar-refractivity contribution in [3.05, 3.63) is 46.7 Å². The van der Waals surface area contributed by atoms with Gasteiger partial charge in [0.15, 0.2) is 11.9 Å². The molecule has 1 spiro atoms. The lowest BCUT2D eigenvalue weighted by atomic mass is 9.93. The standard InChI is InChI=1S/C23H22ClF4N5O3/c1-12(23(26,27)28)36-20-13(19(34)30-18-14(24)3-2-4-15(18)25)5-6-16(29-20)33-21(35)32-10-9-22(7-8-22)11-17(32)31-33/h2-6,12,21,35H,7-11H2,1H3,(H,30,34)/t12-,21?/m0/s1. The first-order valence-electron chi connectivity index (χ1n) is 11.3. The first kappa shape index (κ1) is 24.6. The van der Waals surface area contributed by atoms with Crippen LogP contribution in [0.5, 0.6) is 5.88 Å². The van der Waals surface area contributed by atoms with Gasteiger partial charge >= 0.3 is 6.18 Å². The molecule has 2 aliphatic heterocycles. The zero-order chi connectivity index (χ0) is 25.8. The number of benzene rings is 1. The second-order valence-corrected chi connectivity index (χ2v) is 9.61. The molecule has 1 saturated carbocycles. The van der Waals surface area contributed by atoms with Crippen molar-refractivity contribution in [3.63, 3.8) is 0 Å². The molecular formula is C23H22ClF4N5O3. The van der Waals surface area contributed by atoms with Crippen molar-refractivity contribution in [1.29, 1.82) is 0 Å². The number of pyridine rings is 1. The van der Waals surface area contributed by atoms with Crippen molar-refractivity contribution in [2.45, 2.75) is 51.2 Å². The number of alkyl halides is 3. The lowest BCUT2D eigenvalue weighted by Crippen LogP contribution is -2.46. The molecule has 36 heavy (non-hydrogen) atoms. The molecule has 2 aromatic rings. The van der Waals surface area contributed by atoms with Gasteiger partial charge in [0.05, 0.1) is 10.7 Å². The molecular weight excluding hydrogens is 506 g/mol. The quantitative estimate of drug-likeness (QED) is 0.546. The zero-order valence-corrected chi connectivity index (χ0v) is 19.8. The number of aliphatic hydroxyl groups is 1. The van der Waals surface area contributed by atoms with Gasteiger partial charge in [-0.25, -0.2) is 4.39 Å². The highest BCUT2D eigenvalue weighted by Gasteiger charge is 2.50.